The minimum absolute atomic E-state index is 0.106. The predicted octanol–water partition coefficient (Wildman–Crippen LogP) is 1.89. The number of nitrogen functional groups attached to an aromatic ring is 1. The summed E-state index contributed by atoms with van der Waals surface area (Å²) in [6, 6.07) is 7.56. The van der Waals surface area contributed by atoms with Crippen LogP contribution in [0.5, 0.6) is 0 Å². The molecule has 2 rings (SSSR count). The lowest BCUT2D eigenvalue weighted by Gasteiger charge is -2.18. The molecule has 1 amide bonds. The molecule has 1 aromatic heterocycles. The number of hydrogen-bond donors (Lipinski definition) is 2. The Morgan fingerprint density at radius 2 is 1.90 bits per heavy atom. The molecule has 112 valence electrons. The van der Waals surface area contributed by atoms with Crippen molar-refractivity contribution in [3.8, 4) is 0 Å². The third-order valence-corrected chi connectivity index (χ3v) is 3.68. The monoisotopic (exact) mass is 286 g/mol. The van der Waals surface area contributed by atoms with Gasteiger partial charge in [0, 0.05) is 24.7 Å². The van der Waals surface area contributed by atoms with E-state index in [-0.39, 0.29) is 5.91 Å². The molecule has 0 radical (unpaired) electrons. The first-order valence-electron chi connectivity index (χ1n) is 7.31. The van der Waals surface area contributed by atoms with Crippen LogP contribution in [-0.2, 0) is 0 Å². The first kappa shape index (κ1) is 15.3. The molecular formula is C16H22N4O. The van der Waals surface area contributed by atoms with Crippen molar-refractivity contribution >= 4 is 22.5 Å². The fraction of sp³-hybridized carbons (Fsp3) is 0.375. The van der Waals surface area contributed by atoms with E-state index in [1.807, 2.05) is 24.3 Å². The van der Waals surface area contributed by atoms with Crippen LogP contribution in [0.4, 0.5) is 5.82 Å². The van der Waals surface area contributed by atoms with E-state index < -0.39 is 0 Å². The zero-order chi connectivity index (χ0) is 15.2. The molecule has 1 heterocycles. The van der Waals surface area contributed by atoms with E-state index in [4.69, 9.17) is 5.73 Å². The van der Waals surface area contributed by atoms with Crippen LogP contribution in [0.25, 0.3) is 10.8 Å². The number of carbonyl (C=O) groups excluding carboxylic acids is 1. The summed E-state index contributed by atoms with van der Waals surface area (Å²) in [6.45, 7) is 7.67. The number of benzene rings is 1. The van der Waals surface area contributed by atoms with Gasteiger partial charge in [-0.15, -0.1) is 0 Å². The van der Waals surface area contributed by atoms with Crippen LogP contribution >= 0.6 is 0 Å². The van der Waals surface area contributed by atoms with Gasteiger partial charge in [-0.25, -0.2) is 4.98 Å². The molecule has 0 saturated carbocycles. The molecule has 0 spiro atoms. The van der Waals surface area contributed by atoms with Crippen molar-refractivity contribution in [1.82, 2.24) is 15.2 Å². The maximum absolute atomic E-state index is 12.3. The van der Waals surface area contributed by atoms with Crippen molar-refractivity contribution < 1.29 is 4.79 Å². The first-order valence-corrected chi connectivity index (χ1v) is 7.31. The zero-order valence-corrected chi connectivity index (χ0v) is 12.6. The van der Waals surface area contributed by atoms with Crippen molar-refractivity contribution in [3.63, 3.8) is 0 Å². The Hall–Kier alpha value is -2.14. The second-order valence-corrected chi connectivity index (χ2v) is 4.89. The number of rotatable bonds is 6. The van der Waals surface area contributed by atoms with Crippen molar-refractivity contribution in [2.45, 2.75) is 13.8 Å². The number of likely N-dealkylation sites (N-methyl/N-ethyl adjacent to an activating group) is 1. The number of fused-ring (bicyclic) bond motifs is 1. The Morgan fingerprint density at radius 1 is 1.24 bits per heavy atom. The highest BCUT2D eigenvalue weighted by Gasteiger charge is 2.12. The number of nitrogens with two attached hydrogens (primary N) is 1. The standard InChI is InChI=1S/C16H22N4O/c1-3-20(4-2)10-9-18-16(21)14-11-19-15(17)13-8-6-5-7-12(13)14/h5-8,11H,3-4,9-10H2,1-2H3,(H2,17,19)(H,18,21). The molecule has 0 fully saturated rings. The van der Waals surface area contributed by atoms with E-state index in [1.54, 1.807) is 6.20 Å². The quantitative estimate of drug-likeness (QED) is 0.850. The molecule has 3 N–H and O–H groups in total. The van der Waals surface area contributed by atoms with E-state index in [9.17, 15) is 4.79 Å². The highest BCUT2D eigenvalue weighted by atomic mass is 16.1. The Bertz CT molecular complexity index is 623. The van der Waals surface area contributed by atoms with E-state index in [0.717, 1.165) is 30.4 Å². The molecular weight excluding hydrogens is 264 g/mol. The van der Waals surface area contributed by atoms with E-state index in [0.29, 0.717) is 17.9 Å². The summed E-state index contributed by atoms with van der Waals surface area (Å²) in [5, 5.41) is 4.60. The fourth-order valence-electron chi connectivity index (χ4n) is 2.36. The number of pyridine rings is 1. The molecule has 21 heavy (non-hydrogen) atoms. The lowest BCUT2D eigenvalue weighted by molar-refractivity contribution is 0.0950. The fourth-order valence-corrected chi connectivity index (χ4v) is 2.36. The lowest BCUT2D eigenvalue weighted by atomic mass is 10.1. The maximum atomic E-state index is 12.3. The zero-order valence-electron chi connectivity index (χ0n) is 12.6. The van der Waals surface area contributed by atoms with E-state index in [1.165, 1.54) is 0 Å². The van der Waals surface area contributed by atoms with Gasteiger partial charge in [0.05, 0.1) is 5.56 Å². The van der Waals surface area contributed by atoms with Gasteiger partial charge in [-0.05, 0) is 18.5 Å². The van der Waals surface area contributed by atoms with Crippen LogP contribution in [0.2, 0.25) is 0 Å². The predicted molar refractivity (Wildman–Crippen MR) is 86.3 cm³/mol. The van der Waals surface area contributed by atoms with Crippen molar-refractivity contribution in [2.24, 2.45) is 0 Å². The van der Waals surface area contributed by atoms with Gasteiger partial charge in [0.25, 0.3) is 5.91 Å². The second kappa shape index (κ2) is 7.04. The van der Waals surface area contributed by atoms with Gasteiger partial charge in [-0.2, -0.15) is 0 Å². The smallest absolute Gasteiger partial charge is 0.253 e. The molecule has 5 nitrogen and oxygen atoms in total. The Kier molecular flexibility index (Phi) is 5.11. The first-order chi connectivity index (χ1) is 10.2. The number of anilines is 1. The summed E-state index contributed by atoms with van der Waals surface area (Å²) in [5.74, 6) is 0.344. The Morgan fingerprint density at radius 3 is 2.57 bits per heavy atom. The summed E-state index contributed by atoms with van der Waals surface area (Å²) >= 11 is 0. The maximum Gasteiger partial charge on any atom is 0.253 e. The van der Waals surface area contributed by atoms with Crippen molar-refractivity contribution in [2.75, 3.05) is 31.9 Å². The van der Waals surface area contributed by atoms with Gasteiger partial charge in [0.2, 0.25) is 0 Å². The van der Waals surface area contributed by atoms with Crippen LogP contribution < -0.4 is 11.1 Å². The Labute approximate surface area is 125 Å². The summed E-state index contributed by atoms with van der Waals surface area (Å²) in [5.41, 5.74) is 6.42. The highest BCUT2D eigenvalue weighted by molar-refractivity contribution is 6.08. The molecule has 2 aromatic rings. The summed E-state index contributed by atoms with van der Waals surface area (Å²) in [6.07, 6.45) is 1.55. The summed E-state index contributed by atoms with van der Waals surface area (Å²) in [7, 11) is 0. The van der Waals surface area contributed by atoms with Gasteiger partial charge < -0.3 is 16.0 Å². The third kappa shape index (κ3) is 3.49. The Balaban J connectivity index is 2.11. The summed E-state index contributed by atoms with van der Waals surface area (Å²) < 4.78 is 0. The molecule has 0 aliphatic rings. The topological polar surface area (TPSA) is 71.2 Å². The molecule has 0 atom stereocenters. The largest absolute Gasteiger partial charge is 0.383 e. The van der Waals surface area contributed by atoms with Crippen molar-refractivity contribution in [3.05, 3.63) is 36.0 Å². The SMILES string of the molecule is CCN(CC)CCNC(=O)c1cnc(N)c2ccccc12. The highest BCUT2D eigenvalue weighted by Crippen LogP contribution is 2.22. The van der Waals surface area contributed by atoms with Crippen LogP contribution in [0, 0.1) is 0 Å². The number of nitrogens with zero attached hydrogens (tertiary/aromatic N) is 2. The van der Waals surface area contributed by atoms with Crippen LogP contribution in [0.15, 0.2) is 30.5 Å². The van der Waals surface area contributed by atoms with Crippen LogP contribution in [0.1, 0.15) is 24.2 Å². The van der Waals surface area contributed by atoms with Gasteiger partial charge in [0.1, 0.15) is 5.82 Å². The molecule has 0 bridgehead atoms. The van der Waals surface area contributed by atoms with Gasteiger partial charge >= 0.3 is 0 Å². The molecule has 0 unspecified atom stereocenters. The number of amides is 1. The van der Waals surface area contributed by atoms with Crippen molar-refractivity contribution in [1.29, 1.82) is 0 Å². The van der Waals surface area contributed by atoms with Crippen LogP contribution in [-0.4, -0.2) is 42.0 Å². The van der Waals surface area contributed by atoms with Crippen LogP contribution in [0.3, 0.4) is 0 Å². The average Bonchev–Trinajstić information content (AvgIpc) is 2.52. The molecule has 0 aliphatic heterocycles. The van der Waals surface area contributed by atoms with E-state index in [2.05, 4.69) is 29.0 Å². The third-order valence-electron chi connectivity index (χ3n) is 3.68. The number of aromatic nitrogens is 1. The normalized spacial score (nSPS) is 11.0. The average molecular weight is 286 g/mol. The van der Waals surface area contributed by atoms with E-state index >= 15 is 0 Å². The molecule has 0 saturated heterocycles. The van der Waals surface area contributed by atoms with Gasteiger partial charge in [0.15, 0.2) is 0 Å². The van der Waals surface area contributed by atoms with Gasteiger partial charge in [-0.1, -0.05) is 38.1 Å². The molecule has 5 heteroatoms. The minimum Gasteiger partial charge on any atom is -0.383 e. The lowest BCUT2D eigenvalue weighted by Crippen LogP contribution is -2.34. The molecule has 1 aromatic carbocycles. The summed E-state index contributed by atoms with van der Waals surface area (Å²) in [4.78, 5) is 18.7. The second-order valence-electron chi connectivity index (χ2n) is 4.89. The number of carbonyl (C=O) groups is 1. The molecule has 0 aliphatic carbocycles. The number of nitrogens with one attached hydrogen (secondary N) is 1. The number of hydrogen-bond acceptors (Lipinski definition) is 4. The van der Waals surface area contributed by atoms with Gasteiger partial charge in [-0.3, -0.25) is 4.79 Å². The minimum atomic E-state index is -0.106.